The van der Waals surface area contributed by atoms with Crippen LogP contribution in [0.3, 0.4) is 0 Å². The largest absolute Gasteiger partial charge is 0.391 e. The molecule has 14 heavy (non-hydrogen) atoms. The molecule has 1 heterocycles. The number of halogens is 2. The molecule has 0 aromatic carbocycles. The Hall–Kier alpha value is -1.63. The predicted octanol–water partition coefficient (Wildman–Crippen LogP) is 1.42. The van der Waals surface area contributed by atoms with E-state index in [2.05, 4.69) is 4.98 Å². The lowest BCUT2D eigenvalue weighted by Crippen LogP contribution is -2.03. The summed E-state index contributed by atoms with van der Waals surface area (Å²) in [7, 11) is 0. The fourth-order valence-electron chi connectivity index (χ4n) is 1.01. The standard InChI is InChI=1S/C7H6F2N2O3/c8-7(9)5-6(11(13)14)4(3-12)1-2-10-5/h1-2,7,12H,3H2. The molecule has 0 unspecified atom stereocenters. The number of hydrogen-bond acceptors (Lipinski definition) is 4. The van der Waals surface area contributed by atoms with Crippen LogP contribution < -0.4 is 0 Å². The van der Waals surface area contributed by atoms with Crippen molar-refractivity contribution < 1.29 is 18.8 Å². The highest BCUT2D eigenvalue weighted by Gasteiger charge is 2.26. The van der Waals surface area contributed by atoms with Crippen LogP contribution in [-0.4, -0.2) is 15.0 Å². The third kappa shape index (κ3) is 1.82. The van der Waals surface area contributed by atoms with Gasteiger partial charge in [0.2, 0.25) is 0 Å². The van der Waals surface area contributed by atoms with Gasteiger partial charge in [0.15, 0.2) is 5.69 Å². The van der Waals surface area contributed by atoms with Crippen LogP contribution in [0.1, 0.15) is 17.7 Å². The third-order valence-corrected chi connectivity index (χ3v) is 1.60. The van der Waals surface area contributed by atoms with Crippen molar-refractivity contribution in [1.82, 2.24) is 4.98 Å². The lowest BCUT2D eigenvalue weighted by molar-refractivity contribution is -0.387. The molecule has 0 radical (unpaired) electrons. The van der Waals surface area contributed by atoms with Gasteiger partial charge in [-0.05, 0) is 6.07 Å². The van der Waals surface area contributed by atoms with Gasteiger partial charge < -0.3 is 5.11 Å². The number of pyridine rings is 1. The quantitative estimate of drug-likeness (QED) is 0.596. The topological polar surface area (TPSA) is 76.3 Å². The molecule has 0 atom stereocenters. The van der Waals surface area contributed by atoms with E-state index < -0.39 is 29.3 Å². The third-order valence-electron chi connectivity index (χ3n) is 1.60. The zero-order valence-electron chi connectivity index (χ0n) is 6.85. The van der Waals surface area contributed by atoms with Gasteiger partial charge in [-0.1, -0.05) is 0 Å². The molecule has 76 valence electrons. The summed E-state index contributed by atoms with van der Waals surface area (Å²) < 4.78 is 24.5. The van der Waals surface area contributed by atoms with E-state index in [-0.39, 0.29) is 5.56 Å². The van der Waals surface area contributed by atoms with Gasteiger partial charge in [0.05, 0.1) is 17.1 Å². The summed E-state index contributed by atoms with van der Waals surface area (Å²) in [4.78, 5) is 12.7. The predicted molar refractivity (Wildman–Crippen MR) is 41.8 cm³/mol. The fraction of sp³-hybridized carbons (Fsp3) is 0.286. The maximum atomic E-state index is 12.3. The van der Waals surface area contributed by atoms with Gasteiger partial charge in [-0.25, -0.2) is 13.8 Å². The minimum Gasteiger partial charge on any atom is -0.391 e. The van der Waals surface area contributed by atoms with E-state index in [1.165, 1.54) is 0 Å². The van der Waals surface area contributed by atoms with Crippen LogP contribution in [0, 0.1) is 10.1 Å². The Morgan fingerprint density at radius 3 is 2.71 bits per heavy atom. The molecule has 0 spiro atoms. The average molecular weight is 204 g/mol. The monoisotopic (exact) mass is 204 g/mol. The average Bonchev–Trinajstić information content (AvgIpc) is 2.16. The lowest BCUT2D eigenvalue weighted by atomic mass is 10.2. The number of aliphatic hydroxyl groups excluding tert-OH is 1. The van der Waals surface area contributed by atoms with Crippen molar-refractivity contribution >= 4 is 5.69 Å². The molecule has 1 N–H and O–H groups in total. The molecule has 0 saturated carbocycles. The Bertz CT molecular complexity index is 357. The molecule has 0 aliphatic heterocycles. The summed E-state index contributed by atoms with van der Waals surface area (Å²) in [5.74, 6) is 0. The SMILES string of the molecule is O=[N+]([O-])c1c(CO)ccnc1C(F)F. The van der Waals surface area contributed by atoms with Crippen molar-refractivity contribution in [2.75, 3.05) is 0 Å². The van der Waals surface area contributed by atoms with Crippen LogP contribution in [0.25, 0.3) is 0 Å². The Morgan fingerprint density at radius 1 is 1.64 bits per heavy atom. The van der Waals surface area contributed by atoms with E-state index in [1.807, 2.05) is 0 Å². The Morgan fingerprint density at radius 2 is 2.29 bits per heavy atom. The summed E-state index contributed by atoms with van der Waals surface area (Å²) >= 11 is 0. The maximum Gasteiger partial charge on any atom is 0.302 e. The normalized spacial score (nSPS) is 10.6. The molecular weight excluding hydrogens is 198 g/mol. The lowest BCUT2D eigenvalue weighted by Gasteiger charge is -2.03. The minimum absolute atomic E-state index is 0.166. The summed E-state index contributed by atoms with van der Waals surface area (Å²) in [6, 6.07) is 1.13. The van der Waals surface area contributed by atoms with E-state index >= 15 is 0 Å². The molecule has 0 amide bonds. The molecule has 0 aliphatic rings. The Kier molecular flexibility index (Phi) is 3.03. The van der Waals surface area contributed by atoms with Crippen molar-refractivity contribution in [3.8, 4) is 0 Å². The van der Waals surface area contributed by atoms with Crippen LogP contribution >= 0.6 is 0 Å². The first-order valence-corrected chi connectivity index (χ1v) is 3.59. The molecular formula is C7H6F2N2O3. The van der Waals surface area contributed by atoms with Crippen LogP contribution in [0.4, 0.5) is 14.5 Å². The van der Waals surface area contributed by atoms with E-state index in [0.29, 0.717) is 0 Å². The van der Waals surface area contributed by atoms with Gasteiger partial charge in [0, 0.05) is 6.20 Å². The van der Waals surface area contributed by atoms with Crippen LogP contribution in [0.2, 0.25) is 0 Å². The molecule has 1 aromatic rings. The second kappa shape index (κ2) is 4.05. The zero-order chi connectivity index (χ0) is 10.7. The van der Waals surface area contributed by atoms with Crippen molar-refractivity contribution in [2.24, 2.45) is 0 Å². The van der Waals surface area contributed by atoms with Gasteiger partial charge in [-0.15, -0.1) is 0 Å². The molecule has 1 rings (SSSR count). The Balaban J connectivity index is 3.35. The molecule has 0 aliphatic carbocycles. The van der Waals surface area contributed by atoms with Crippen molar-refractivity contribution in [1.29, 1.82) is 0 Å². The van der Waals surface area contributed by atoms with Gasteiger partial charge in [0.1, 0.15) is 0 Å². The molecule has 1 aromatic heterocycles. The highest BCUT2D eigenvalue weighted by Crippen LogP contribution is 2.29. The zero-order valence-corrected chi connectivity index (χ0v) is 6.85. The van der Waals surface area contributed by atoms with Gasteiger partial charge in [0.25, 0.3) is 6.43 Å². The van der Waals surface area contributed by atoms with Gasteiger partial charge >= 0.3 is 5.69 Å². The first-order chi connectivity index (χ1) is 6.57. The highest BCUT2D eigenvalue weighted by atomic mass is 19.3. The molecule has 5 nitrogen and oxygen atoms in total. The van der Waals surface area contributed by atoms with Gasteiger partial charge in [-0.2, -0.15) is 0 Å². The second-order valence-corrected chi connectivity index (χ2v) is 2.42. The number of nitro groups is 1. The maximum absolute atomic E-state index is 12.3. The number of alkyl halides is 2. The first kappa shape index (κ1) is 10.5. The molecule has 0 fully saturated rings. The second-order valence-electron chi connectivity index (χ2n) is 2.42. The Labute approximate surface area is 77.2 Å². The van der Waals surface area contributed by atoms with E-state index in [1.54, 1.807) is 0 Å². The van der Waals surface area contributed by atoms with Gasteiger partial charge in [-0.3, -0.25) is 10.1 Å². The number of rotatable bonds is 3. The van der Waals surface area contributed by atoms with E-state index in [0.717, 1.165) is 12.3 Å². The fourth-order valence-corrected chi connectivity index (χ4v) is 1.01. The summed E-state index contributed by atoms with van der Waals surface area (Å²) in [5, 5.41) is 19.1. The molecule has 0 bridgehead atoms. The summed E-state index contributed by atoms with van der Waals surface area (Å²) in [6.07, 6.45) is -2.03. The van der Waals surface area contributed by atoms with Crippen molar-refractivity contribution in [3.63, 3.8) is 0 Å². The number of hydrogen-bond donors (Lipinski definition) is 1. The van der Waals surface area contributed by atoms with Crippen LogP contribution in [0.15, 0.2) is 12.3 Å². The summed E-state index contributed by atoms with van der Waals surface area (Å²) in [6.45, 7) is -0.668. The van der Waals surface area contributed by atoms with E-state index in [9.17, 15) is 18.9 Å². The van der Waals surface area contributed by atoms with Crippen molar-refractivity contribution in [3.05, 3.63) is 33.6 Å². The number of aliphatic hydroxyl groups is 1. The van der Waals surface area contributed by atoms with Crippen LogP contribution in [-0.2, 0) is 6.61 Å². The summed E-state index contributed by atoms with van der Waals surface area (Å²) in [5.41, 5.74) is -1.90. The molecule has 0 saturated heterocycles. The highest BCUT2D eigenvalue weighted by molar-refractivity contribution is 5.43. The van der Waals surface area contributed by atoms with Crippen molar-refractivity contribution in [2.45, 2.75) is 13.0 Å². The minimum atomic E-state index is -3.03. The smallest absolute Gasteiger partial charge is 0.302 e. The first-order valence-electron chi connectivity index (χ1n) is 3.59. The molecule has 7 heteroatoms. The number of aromatic nitrogens is 1. The van der Waals surface area contributed by atoms with Crippen LogP contribution in [0.5, 0.6) is 0 Å². The number of nitrogens with zero attached hydrogens (tertiary/aromatic N) is 2. The van der Waals surface area contributed by atoms with E-state index in [4.69, 9.17) is 5.11 Å².